The first-order valence-corrected chi connectivity index (χ1v) is 11.0. The molecule has 1 saturated heterocycles. The van der Waals surface area contributed by atoms with Crippen LogP contribution in [0.3, 0.4) is 0 Å². The molecule has 0 aliphatic carbocycles. The van der Waals surface area contributed by atoms with Crippen LogP contribution in [-0.2, 0) is 27.8 Å². The van der Waals surface area contributed by atoms with E-state index in [-0.39, 0.29) is 23.0 Å². The summed E-state index contributed by atoms with van der Waals surface area (Å²) in [6.07, 6.45) is 4.15. The maximum atomic E-state index is 13.0. The van der Waals surface area contributed by atoms with Crippen LogP contribution in [0.4, 0.5) is 0 Å². The minimum Gasteiger partial charge on any atom is -0.341 e. The molecule has 2 N–H and O–H groups in total. The SMILES string of the molecule is NS(=O)(=O)c1ccc(Cn2nc3n(c2=O)C(C(=O)N2CCCC2)CCC3)cc1. The second-order valence-electron chi connectivity index (χ2n) is 7.36. The summed E-state index contributed by atoms with van der Waals surface area (Å²) >= 11 is 0. The van der Waals surface area contributed by atoms with Crippen molar-refractivity contribution in [2.24, 2.45) is 5.14 Å². The molecule has 1 atom stereocenters. The molecule has 4 rings (SSSR count). The van der Waals surface area contributed by atoms with Crippen LogP contribution in [-0.4, -0.2) is 46.7 Å². The molecule has 2 aliphatic heterocycles. The zero-order valence-electron chi connectivity index (χ0n) is 15.5. The van der Waals surface area contributed by atoms with E-state index in [0.29, 0.717) is 18.7 Å². The molecule has 1 unspecified atom stereocenters. The van der Waals surface area contributed by atoms with Gasteiger partial charge in [-0.25, -0.2) is 23.0 Å². The first-order chi connectivity index (χ1) is 13.3. The maximum Gasteiger partial charge on any atom is 0.346 e. The second-order valence-corrected chi connectivity index (χ2v) is 8.92. The lowest BCUT2D eigenvalue weighted by Crippen LogP contribution is -2.41. The zero-order chi connectivity index (χ0) is 19.9. The quantitative estimate of drug-likeness (QED) is 0.781. The van der Waals surface area contributed by atoms with E-state index in [0.717, 1.165) is 37.9 Å². The number of nitrogens with two attached hydrogens (primary N) is 1. The number of hydrogen-bond acceptors (Lipinski definition) is 5. The van der Waals surface area contributed by atoms with Crippen molar-refractivity contribution in [1.29, 1.82) is 0 Å². The lowest BCUT2D eigenvalue weighted by Gasteiger charge is -2.27. The number of nitrogens with zero attached hydrogens (tertiary/aromatic N) is 4. The molecule has 3 heterocycles. The lowest BCUT2D eigenvalue weighted by molar-refractivity contribution is -0.134. The minimum absolute atomic E-state index is 0.0117. The molecule has 1 amide bonds. The van der Waals surface area contributed by atoms with Gasteiger partial charge in [-0.2, -0.15) is 5.10 Å². The van der Waals surface area contributed by atoms with E-state index in [4.69, 9.17) is 5.14 Å². The van der Waals surface area contributed by atoms with E-state index in [2.05, 4.69) is 5.10 Å². The summed E-state index contributed by atoms with van der Waals surface area (Å²) < 4.78 is 25.6. The average Bonchev–Trinajstić information content (AvgIpc) is 3.30. The Morgan fingerprint density at radius 1 is 1.14 bits per heavy atom. The van der Waals surface area contributed by atoms with Crippen LogP contribution in [0.25, 0.3) is 0 Å². The topological polar surface area (TPSA) is 120 Å². The van der Waals surface area contributed by atoms with E-state index in [1.807, 2.05) is 4.90 Å². The van der Waals surface area contributed by atoms with E-state index in [1.54, 1.807) is 16.7 Å². The van der Waals surface area contributed by atoms with Crippen LogP contribution in [0.1, 0.15) is 43.1 Å². The van der Waals surface area contributed by atoms with Gasteiger partial charge in [0.1, 0.15) is 11.9 Å². The number of rotatable bonds is 4. The average molecular weight is 405 g/mol. The predicted octanol–water partition coefficient (Wildman–Crippen LogP) is 0.240. The molecular formula is C18H23N5O4S. The Bertz CT molecular complexity index is 1050. The first-order valence-electron chi connectivity index (χ1n) is 9.43. The van der Waals surface area contributed by atoms with Gasteiger partial charge in [-0.05, 0) is 43.4 Å². The Balaban J connectivity index is 1.60. The number of carbonyl (C=O) groups excluding carboxylic acids is 1. The monoisotopic (exact) mass is 405 g/mol. The van der Waals surface area contributed by atoms with Gasteiger partial charge >= 0.3 is 5.69 Å². The summed E-state index contributed by atoms with van der Waals surface area (Å²) in [5.41, 5.74) is 0.426. The molecule has 10 heteroatoms. The number of amides is 1. The molecule has 1 aromatic heterocycles. The summed E-state index contributed by atoms with van der Waals surface area (Å²) in [5, 5.41) is 9.54. The van der Waals surface area contributed by atoms with Gasteiger partial charge in [0.2, 0.25) is 15.9 Å². The maximum absolute atomic E-state index is 13.0. The number of fused-ring (bicyclic) bond motifs is 1. The third-order valence-corrected chi connectivity index (χ3v) is 6.35. The smallest absolute Gasteiger partial charge is 0.341 e. The van der Waals surface area contributed by atoms with Crippen LogP contribution in [0, 0.1) is 0 Å². The molecule has 28 heavy (non-hydrogen) atoms. The Labute approximate surface area is 162 Å². The number of aromatic nitrogens is 3. The van der Waals surface area contributed by atoms with Crippen LogP contribution in [0.5, 0.6) is 0 Å². The summed E-state index contributed by atoms with van der Waals surface area (Å²) in [4.78, 5) is 27.7. The minimum atomic E-state index is -3.76. The van der Waals surface area contributed by atoms with Crippen molar-refractivity contribution in [3.8, 4) is 0 Å². The lowest BCUT2D eigenvalue weighted by atomic mass is 10.0. The molecule has 1 aromatic carbocycles. The Hall–Kier alpha value is -2.46. The summed E-state index contributed by atoms with van der Waals surface area (Å²) in [6, 6.07) is 5.55. The van der Waals surface area contributed by atoms with Gasteiger partial charge in [0.05, 0.1) is 11.4 Å². The molecule has 2 aliphatic rings. The normalized spacial score (nSPS) is 19.6. The molecular weight excluding hydrogens is 382 g/mol. The number of hydrogen-bond donors (Lipinski definition) is 1. The molecule has 0 radical (unpaired) electrons. The van der Waals surface area contributed by atoms with Crippen molar-refractivity contribution >= 4 is 15.9 Å². The fourth-order valence-electron chi connectivity index (χ4n) is 3.97. The van der Waals surface area contributed by atoms with Crippen molar-refractivity contribution < 1.29 is 13.2 Å². The highest BCUT2D eigenvalue weighted by Crippen LogP contribution is 2.25. The van der Waals surface area contributed by atoms with Gasteiger partial charge < -0.3 is 4.90 Å². The number of primary sulfonamides is 1. The van der Waals surface area contributed by atoms with Crippen LogP contribution in [0.15, 0.2) is 34.0 Å². The highest BCUT2D eigenvalue weighted by atomic mass is 32.2. The van der Waals surface area contributed by atoms with Gasteiger partial charge in [0, 0.05) is 19.5 Å². The highest BCUT2D eigenvalue weighted by molar-refractivity contribution is 7.89. The summed E-state index contributed by atoms with van der Waals surface area (Å²) in [6.45, 7) is 1.71. The predicted molar refractivity (Wildman–Crippen MR) is 101 cm³/mol. The van der Waals surface area contributed by atoms with Crippen LogP contribution in [0.2, 0.25) is 0 Å². The summed E-state index contributed by atoms with van der Waals surface area (Å²) in [5.74, 6) is 0.646. The van der Waals surface area contributed by atoms with Crippen molar-refractivity contribution in [1.82, 2.24) is 19.2 Å². The fourth-order valence-corrected chi connectivity index (χ4v) is 4.49. The van der Waals surface area contributed by atoms with Gasteiger partial charge in [-0.3, -0.25) is 9.36 Å². The van der Waals surface area contributed by atoms with Gasteiger partial charge in [-0.1, -0.05) is 12.1 Å². The summed E-state index contributed by atoms with van der Waals surface area (Å²) in [7, 11) is -3.76. The Morgan fingerprint density at radius 3 is 2.46 bits per heavy atom. The van der Waals surface area contributed by atoms with Crippen molar-refractivity contribution in [3.63, 3.8) is 0 Å². The Kier molecular flexibility index (Phi) is 4.84. The molecule has 1 fully saturated rings. The van der Waals surface area contributed by atoms with E-state index in [9.17, 15) is 18.0 Å². The van der Waals surface area contributed by atoms with Crippen LogP contribution < -0.4 is 10.8 Å². The van der Waals surface area contributed by atoms with Crippen molar-refractivity contribution in [2.75, 3.05) is 13.1 Å². The highest BCUT2D eigenvalue weighted by Gasteiger charge is 2.34. The molecule has 9 nitrogen and oxygen atoms in total. The number of carbonyl (C=O) groups is 1. The van der Waals surface area contributed by atoms with Crippen LogP contribution >= 0.6 is 0 Å². The van der Waals surface area contributed by atoms with Crippen molar-refractivity contribution in [3.05, 3.63) is 46.1 Å². The van der Waals surface area contributed by atoms with E-state index in [1.165, 1.54) is 16.8 Å². The largest absolute Gasteiger partial charge is 0.346 e. The van der Waals surface area contributed by atoms with E-state index < -0.39 is 16.1 Å². The Morgan fingerprint density at radius 2 is 1.82 bits per heavy atom. The fraction of sp³-hybridized carbons (Fsp3) is 0.500. The zero-order valence-corrected chi connectivity index (χ0v) is 16.3. The first kappa shape index (κ1) is 18.9. The van der Waals surface area contributed by atoms with Gasteiger partial charge in [0.25, 0.3) is 0 Å². The second kappa shape index (κ2) is 7.17. The third-order valence-electron chi connectivity index (χ3n) is 5.42. The number of likely N-dealkylation sites (tertiary alicyclic amines) is 1. The number of sulfonamides is 1. The number of benzene rings is 1. The standard InChI is InChI=1S/C18H23N5O4S/c19-28(26,27)14-8-6-13(7-9-14)12-22-18(25)23-15(4-3-5-16(23)20-22)17(24)21-10-1-2-11-21/h6-9,15H,1-5,10-12H2,(H2,19,26,27). The van der Waals surface area contributed by atoms with Gasteiger partial charge in [-0.15, -0.1) is 0 Å². The van der Waals surface area contributed by atoms with Crippen molar-refractivity contribution in [2.45, 2.75) is 49.6 Å². The van der Waals surface area contributed by atoms with Gasteiger partial charge in [0.15, 0.2) is 0 Å². The molecule has 0 saturated carbocycles. The molecule has 0 bridgehead atoms. The third kappa shape index (κ3) is 3.49. The molecule has 150 valence electrons. The molecule has 2 aromatic rings. The number of aryl methyl sites for hydroxylation is 1. The molecule has 0 spiro atoms. The van der Waals surface area contributed by atoms with E-state index >= 15 is 0 Å².